The van der Waals surface area contributed by atoms with Gasteiger partial charge in [-0.05, 0) is 19.8 Å². The second-order valence-corrected chi connectivity index (χ2v) is 3.80. The summed E-state index contributed by atoms with van der Waals surface area (Å²) in [5.41, 5.74) is 5.64. The molecule has 0 aliphatic carbocycles. The van der Waals surface area contributed by atoms with Gasteiger partial charge in [-0.3, -0.25) is 4.79 Å². The summed E-state index contributed by atoms with van der Waals surface area (Å²) in [6.45, 7) is 5.54. The first kappa shape index (κ1) is 9.52. The van der Waals surface area contributed by atoms with Gasteiger partial charge in [-0.1, -0.05) is 6.92 Å². The topological polar surface area (TPSA) is 46.3 Å². The van der Waals surface area contributed by atoms with E-state index < -0.39 is 0 Å². The maximum Gasteiger partial charge on any atom is 0.225 e. The van der Waals surface area contributed by atoms with Gasteiger partial charge in [-0.25, -0.2) is 0 Å². The molecule has 1 saturated heterocycles. The number of amides is 1. The highest BCUT2D eigenvalue weighted by Gasteiger charge is 2.24. The molecule has 0 spiro atoms. The molecule has 1 rings (SSSR count). The standard InChI is InChI=1S/C9H18N2O/c1-7-4-3-5-11(9(7)12)6-8(2)10/h7-8H,3-6,10H2,1-2H3/t7?,8-/m1/s1. The number of likely N-dealkylation sites (tertiary alicyclic amines) is 1. The van der Waals surface area contributed by atoms with Crippen LogP contribution in [0.25, 0.3) is 0 Å². The number of nitrogens with zero attached hydrogens (tertiary/aromatic N) is 1. The zero-order valence-corrected chi connectivity index (χ0v) is 7.92. The van der Waals surface area contributed by atoms with Crippen molar-refractivity contribution in [2.75, 3.05) is 13.1 Å². The maximum absolute atomic E-state index is 11.5. The summed E-state index contributed by atoms with van der Waals surface area (Å²) < 4.78 is 0. The van der Waals surface area contributed by atoms with Gasteiger partial charge < -0.3 is 10.6 Å². The Morgan fingerprint density at radius 3 is 3.00 bits per heavy atom. The first-order chi connectivity index (χ1) is 5.61. The number of hydrogen-bond acceptors (Lipinski definition) is 2. The second-order valence-electron chi connectivity index (χ2n) is 3.80. The van der Waals surface area contributed by atoms with E-state index in [1.54, 1.807) is 0 Å². The van der Waals surface area contributed by atoms with Gasteiger partial charge in [0.2, 0.25) is 5.91 Å². The van der Waals surface area contributed by atoms with Crippen LogP contribution in [0.3, 0.4) is 0 Å². The minimum absolute atomic E-state index is 0.0965. The Hall–Kier alpha value is -0.570. The molecule has 1 unspecified atom stereocenters. The summed E-state index contributed by atoms with van der Waals surface area (Å²) in [4.78, 5) is 13.4. The fraction of sp³-hybridized carbons (Fsp3) is 0.889. The summed E-state index contributed by atoms with van der Waals surface area (Å²) in [6.07, 6.45) is 2.16. The summed E-state index contributed by atoms with van der Waals surface area (Å²) in [5.74, 6) is 0.482. The first-order valence-corrected chi connectivity index (χ1v) is 4.65. The molecule has 1 aliphatic heterocycles. The molecule has 0 bridgehead atoms. The maximum atomic E-state index is 11.5. The van der Waals surface area contributed by atoms with Crippen LogP contribution in [0.5, 0.6) is 0 Å². The Kier molecular flexibility index (Phi) is 3.09. The second kappa shape index (κ2) is 3.90. The smallest absolute Gasteiger partial charge is 0.225 e. The predicted molar refractivity (Wildman–Crippen MR) is 48.6 cm³/mol. The Balaban J connectivity index is 2.46. The van der Waals surface area contributed by atoms with E-state index in [2.05, 4.69) is 0 Å². The number of nitrogens with two attached hydrogens (primary N) is 1. The van der Waals surface area contributed by atoms with Crippen molar-refractivity contribution in [3.63, 3.8) is 0 Å². The fourth-order valence-electron chi connectivity index (χ4n) is 1.66. The molecule has 1 aliphatic rings. The van der Waals surface area contributed by atoms with Crippen LogP contribution < -0.4 is 5.73 Å². The van der Waals surface area contributed by atoms with E-state index in [0.717, 1.165) is 19.4 Å². The van der Waals surface area contributed by atoms with Gasteiger partial charge >= 0.3 is 0 Å². The van der Waals surface area contributed by atoms with Gasteiger partial charge in [-0.2, -0.15) is 0 Å². The van der Waals surface area contributed by atoms with Gasteiger partial charge in [0.05, 0.1) is 0 Å². The van der Waals surface area contributed by atoms with Gasteiger partial charge in [-0.15, -0.1) is 0 Å². The van der Waals surface area contributed by atoms with Crippen LogP contribution in [-0.2, 0) is 4.79 Å². The minimum Gasteiger partial charge on any atom is -0.341 e. The van der Waals surface area contributed by atoms with Crippen molar-refractivity contribution in [3.8, 4) is 0 Å². The molecule has 2 atom stereocenters. The van der Waals surface area contributed by atoms with E-state index in [0.29, 0.717) is 6.54 Å². The van der Waals surface area contributed by atoms with E-state index in [9.17, 15) is 4.79 Å². The largest absolute Gasteiger partial charge is 0.341 e. The average molecular weight is 170 g/mol. The average Bonchev–Trinajstić information content (AvgIpc) is 1.98. The lowest BCUT2D eigenvalue weighted by atomic mass is 9.99. The molecule has 1 amide bonds. The molecular formula is C9H18N2O. The molecule has 0 aromatic heterocycles. The zero-order chi connectivity index (χ0) is 9.14. The molecule has 0 radical (unpaired) electrons. The first-order valence-electron chi connectivity index (χ1n) is 4.65. The van der Waals surface area contributed by atoms with Gasteiger partial charge in [0, 0.05) is 25.0 Å². The number of carbonyl (C=O) groups is 1. The lowest BCUT2D eigenvalue weighted by Gasteiger charge is -2.31. The predicted octanol–water partition coefficient (Wildman–Crippen LogP) is 0.592. The minimum atomic E-state index is 0.0965. The van der Waals surface area contributed by atoms with Crippen LogP contribution in [0.15, 0.2) is 0 Å². The van der Waals surface area contributed by atoms with E-state index in [1.807, 2.05) is 18.7 Å². The number of piperidine rings is 1. The molecule has 3 heteroatoms. The van der Waals surface area contributed by atoms with Crippen LogP contribution in [-0.4, -0.2) is 29.9 Å². The van der Waals surface area contributed by atoms with Crippen LogP contribution >= 0.6 is 0 Å². The Morgan fingerprint density at radius 2 is 2.42 bits per heavy atom. The highest BCUT2D eigenvalue weighted by molar-refractivity contribution is 5.79. The summed E-state index contributed by atoms with van der Waals surface area (Å²) in [6, 6.07) is 0.0965. The van der Waals surface area contributed by atoms with E-state index in [-0.39, 0.29) is 17.9 Å². The van der Waals surface area contributed by atoms with Crippen molar-refractivity contribution in [2.45, 2.75) is 32.7 Å². The van der Waals surface area contributed by atoms with E-state index in [4.69, 9.17) is 5.73 Å². The summed E-state index contributed by atoms with van der Waals surface area (Å²) in [5, 5.41) is 0. The van der Waals surface area contributed by atoms with Crippen LogP contribution in [0.2, 0.25) is 0 Å². The molecular weight excluding hydrogens is 152 g/mol. The third-order valence-corrected chi connectivity index (χ3v) is 2.31. The van der Waals surface area contributed by atoms with Crippen LogP contribution in [0.4, 0.5) is 0 Å². The van der Waals surface area contributed by atoms with Gasteiger partial charge in [0.1, 0.15) is 0 Å². The Bertz CT molecular complexity index is 168. The quantitative estimate of drug-likeness (QED) is 0.659. The highest BCUT2D eigenvalue weighted by Crippen LogP contribution is 2.16. The summed E-state index contributed by atoms with van der Waals surface area (Å²) in [7, 11) is 0. The third-order valence-electron chi connectivity index (χ3n) is 2.31. The molecule has 0 saturated carbocycles. The van der Waals surface area contributed by atoms with Crippen molar-refractivity contribution < 1.29 is 4.79 Å². The zero-order valence-electron chi connectivity index (χ0n) is 7.92. The molecule has 12 heavy (non-hydrogen) atoms. The lowest BCUT2D eigenvalue weighted by molar-refractivity contribution is -0.137. The Labute approximate surface area is 73.9 Å². The van der Waals surface area contributed by atoms with Crippen molar-refractivity contribution >= 4 is 5.91 Å². The van der Waals surface area contributed by atoms with Crippen molar-refractivity contribution in [1.29, 1.82) is 0 Å². The monoisotopic (exact) mass is 170 g/mol. The number of carbonyl (C=O) groups excluding carboxylic acids is 1. The molecule has 2 N–H and O–H groups in total. The molecule has 3 nitrogen and oxygen atoms in total. The molecule has 70 valence electrons. The van der Waals surface area contributed by atoms with Gasteiger partial charge in [0.25, 0.3) is 0 Å². The van der Waals surface area contributed by atoms with E-state index >= 15 is 0 Å². The van der Waals surface area contributed by atoms with Crippen molar-refractivity contribution in [1.82, 2.24) is 4.90 Å². The lowest BCUT2D eigenvalue weighted by Crippen LogP contribution is -2.45. The summed E-state index contributed by atoms with van der Waals surface area (Å²) >= 11 is 0. The Morgan fingerprint density at radius 1 is 1.75 bits per heavy atom. The van der Waals surface area contributed by atoms with Crippen molar-refractivity contribution in [2.24, 2.45) is 11.7 Å². The molecule has 1 fully saturated rings. The van der Waals surface area contributed by atoms with Crippen LogP contribution in [0.1, 0.15) is 26.7 Å². The SMILES string of the molecule is CC1CCCN(C[C@@H](C)N)C1=O. The van der Waals surface area contributed by atoms with E-state index in [1.165, 1.54) is 0 Å². The molecule has 0 aromatic rings. The molecule has 0 aromatic carbocycles. The number of rotatable bonds is 2. The van der Waals surface area contributed by atoms with Gasteiger partial charge in [0.15, 0.2) is 0 Å². The fourth-order valence-corrected chi connectivity index (χ4v) is 1.66. The molecule has 1 heterocycles. The number of hydrogen-bond donors (Lipinski definition) is 1. The highest BCUT2D eigenvalue weighted by atomic mass is 16.2. The van der Waals surface area contributed by atoms with Crippen molar-refractivity contribution in [3.05, 3.63) is 0 Å². The third kappa shape index (κ3) is 2.21. The normalized spacial score (nSPS) is 27.4. The van der Waals surface area contributed by atoms with Crippen LogP contribution in [0, 0.1) is 5.92 Å².